The molecule has 0 radical (unpaired) electrons. The maximum atomic E-state index is 14.1. The van der Waals surface area contributed by atoms with Gasteiger partial charge in [-0.05, 0) is 26.0 Å². The second kappa shape index (κ2) is 8.92. The van der Waals surface area contributed by atoms with E-state index in [9.17, 15) is 14.3 Å². The van der Waals surface area contributed by atoms with Gasteiger partial charge < -0.3 is 19.7 Å². The molecule has 1 heterocycles. The highest BCUT2D eigenvalue weighted by molar-refractivity contribution is 5.91. The summed E-state index contributed by atoms with van der Waals surface area (Å²) in [6.07, 6.45) is 0. The van der Waals surface area contributed by atoms with E-state index < -0.39 is 5.97 Å². The number of aromatic nitrogens is 1. The topological polar surface area (TPSA) is 63.5 Å². The molecule has 3 aromatic rings. The van der Waals surface area contributed by atoms with Gasteiger partial charge in [-0.25, -0.2) is 9.18 Å². The van der Waals surface area contributed by atoms with E-state index >= 15 is 0 Å². The molecule has 0 spiro atoms. The molecule has 0 saturated heterocycles. The lowest BCUT2D eigenvalue weighted by Crippen LogP contribution is -2.16. The lowest BCUT2D eigenvalue weighted by atomic mass is 10.1. The average molecular weight is 396 g/mol. The van der Waals surface area contributed by atoms with Gasteiger partial charge in [-0.15, -0.1) is 0 Å². The Morgan fingerprint density at radius 3 is 2.34 bits per heavy atom. The highest BCUT2D eigenvalue weighted by Crippen LogP contribution is 2.25. The number of methoxy groups -OCH3 is 1. The third kappa shape index (κ3) is 4.32. The molecule has 5 nitrogen and oxygen atoms in total. The van der Waals surface area contributed by atoms with E-state index in [1.165, 1.54) is 6.07 Å². The van der Waals surface area contributed by atoms with E-state index in [0.717, 1.165) is 17.0 Å². The molecule has 0 unspecified atom stereocenters. The Kier molecular flexibility index (Phi) is 6.34. The van der Waals surface area contributed by atoms with E-state index in [2.05, 4.69) is 5.32 Å². The van der Waals surface area contributed by atoms with Crippen LogP contribution in [0, 0.1) is 19.7 Å². The van der Waals surface area contributed by atoms with Gasteiger partial charge >= 0.3 is 5.97 Å². The van der Waals surface area contributed by atoms with Crippen LogP contribution in [-0.4, -0.2) is 22.8 Å². The number of benzene rings is 2. The van der Waals surface area contributed by atoms with Crippen molar-refractivity contribution in [2.75, 3.05) is 7.11 Å². The normalized spacial score (nSPS) is 10.9. The van der Waals surface area contributed by atoms with Crippen LogP contribution in [0.5, 0.6) is 5.75 Å². The van der Waals surface area contributed by atoms with E-state index in [1.54, 1.807) is 32.2 Å². The van der Waals surface area contributed by atoms with Gasteiger partial charge in [0.1, 0.15) is 11.6 Å². The number of nitrogens with one attached hydrogen (secondary N) is 1. The maximum absolute atomic E-state index is 14.1. The Morgan fingerprint density at radius 1 is 1.03 bits per heavy atom. The largest absolute Gasteiger partial charge is 0.496 e. The Morgan fingerprint density at radius 2 is 1.69 bits per heavy atom. The van der Waals surface area contributed by atoms with Crippen molar-refractivity contribution in [1.29, 1.82) is 0 Å². The monoisotopic (exact) mass is 396 g/mol. The lowest BCUT2D eigenvalue weighted by Gasteiger charge is -2.12. The maximum Gasteiger partial charge on any atom is 0.337 e. The SMILES string of the molecule is COc1ccccc1CNCc1c(C(=O)O)c(C)n(Cc2ccccc2F)c1C. The fourth-order valence-corrected chi connectivity index (χ4v) is 3.65. The molecular formula is C23H25FN2O3. The summed E-state index contributed by atoms with van der Waals surface area (Å²) in [6.45, 7) is 4.86. The van der Waals surface area contributed by atoms with E-state index in [4.69, 9.17) is 4.74 Å². The minimum atomic E-state index is -0.980. The van der Waals surface area contributed by atoms with E-state index in [-0.39, 0.29) is 17.9 Å². The molecule has 0 aliphatic carbocycles. The number of para-hydroxylation sites is 1. The minimum Gasteiger partial charge on any atom is -0.496 e. The summed E-state index contributed by atoms with van der Waals surface area (Å²) in [6, 6.07) is 14.2. The van der Waals surface area contributed by atoms with Gasteiger partial charge in [0.05, 0.1) is 19.2 Å². The first-order valence-corrected chi connectivity index (χ1v) is 9.41. The molecule has 2 aromatic carbocycles. The minimum absolute atomic E-state index is 0.270. The molecular weight excluding hydrogens is 371 g/mol. The second-order valence-corrected chi connectivity index (χ2v) is 6.92. The first-order valence-electron chi connectivity index (χ1n) is 9.41. The Hall–Kier alpha value is -3.12. The van der Waals surface area contributed by atoms with Crippen LogP contribution in [0.25, 0.3) is 0 Å². The smallest absolute Gasteiger partial charge is 0.337 e. The second-order valence-electron chi connectivity index (χ2n) is 6.92. The fourth-order valence-electron chi connectivity index (χ4n) is 3.65. The summed E-state index contributed by atoms with van der Waals surface area (Å²) >= 11 is 0. The van der Waals surface area contributed by atoms with Crippen LogP contribution in [0.3, 0.4) is 0 Å². The van der Waals surface area contributed by atoms with Crippen molar-refractivity contribution in [2.45, 2.75) is 33.5 Å². The van der Waals surface area contributed by atoms with Crippen LogP contribution in [0.15, 0.2) is 48.5 Å². The molecule has 0 amide bonds. The summed E-state index contributed by atoms with van der Waals surface area (Å²) < 4.78 is 21.3. The van der Waals surface area contributed by atoms with Gasteiger partial charge in [0.2, 0.25) is 0 Å². The number of carbonyl (C=O) groups is 1. The lowest BCUT2D eigenvalue weighted by molar-refractivity contribution is 0.0694. The number of ether oxygens (including phenoxy) is 1. The molecule has 29 heavy (non-hydrogen) atoms. The van der Waals surface area contributed by atoms with E-state index in [0.29, 0.717) is 29.9 Å². The number of aromatic carboxylic acids is 1. The molecule has 0 bridgehead atoms. The quantitative estimate of drug-likeness (QED) is 0.596. The first kappa shape index (κ1) is 20.6. The number of nitrogens with zero attached hydrogens (tertiary/aromatic N) is 1. The molecule has 152 valence electrons. The fraction of sp³-hybridized carbons (Fsp3) is 0.261. The molecule has 3 rings (SSSR count). The summed E-state index contributed by atoms with van der Waals surface area (Å²) in [5.74, 6) is -0.497. The molecule has 1 aromatic heterocycles. The molecule has 0 aliphatic heterocycles. The summed E-state index contributed by atoms with van der Waals surface area (Å²) in [5, 5.41) is 13.1. The summed E-state index contributed by atoms with van der Waals surface area (Å²) in [5.41, 5.74) is 3.93. The molecule has 0 aliphatic rings. The first-order chi connectivity index (χ1) is 13.9. The highest BCUT2D eigenvalue weighted by Gasteiger charge is 2.23. The molecule has 6 heteroatoms. The van der Waals surface area contributed by atoms with Gasteiger partial charge in [0.25, 0.3) is 0 Å². The van der Waals surface area contributed by atoms with Crippen molar-refractivity contribution in [2.24, 2.45) is 0 Å². The number of carboxylic acids is 1. The zero-order chi connectivity index (χ0) is 21.0. The number of halogens is 1. The summed E-state index contributed by atoms with van der Waals surface area (Å²) in [7, 11) is 1.62. The van der Waals surface area contributed by atoms with Crippen LogP contribution >= 0.6 is 0 Å². The van der Waals surface area contributed by atoms with Crippen LogP contribution < -0.4 is 10.1 Å². The van der Waals surface area contributed by atoms with Crippen molar-refractivity contribution < 1.29 is 19.0 Å². The third-order valence-corrected chi connectivity index (χ3v) is 5.22. The number of carboxylic acid groups (broad SMARTS) is 1. The van der Waals surface area contributed by atoms with Crippen molar-refractivity contribution in [1.82, 2.24) is 9.88 Å². The van der Waals surface area contributed by atoms with Gasteiger partial charge in [0.15, 0.2) is 0 Å². The zero-order valence-electron chi connectivity index (χ0n) is 16.8. The molecule has 2 N–H and O–H groups in total. The summed E-state index contributed by atoms with van der Waals surface area (Å²) in [4.78, 5) is 11.9. The van der Waals surface area contributed by atoms with Crippen LogP contribution in [0.1, 0.15) is 38.4 Å². The van der Waals surface area contributed by atoms with Crippen LogP contribution in [0.4, 0.5) is 4.39 Å². The van der Waals surface area contributed by atoms with Crippen molar-refractivity contribution >= 4 is 5.97 Å². The third-order valence-electron chi connectivity index (χ3n) is 5.22. The van der Waals surface area contributed by atoms with Gasteiger partial charge in [0, 0.05) is 41.2 Å². The van der Waals surface area contributed by atoms with Gasteiger partial charge in [-0.1, -0.05) is 36.4 Å². The molecule has 0 saturated carbocycles. The molecule has 0 atom stereocenters. The van der Waals surface area contributed by atoms with Gasteiger partial charge in [-0.2, -0.15) is 0 Å². The zero-order valence-corrected chi connectivity index (χ0v) is 16.8. The van der Waals surface area contributed by atoms with Gasteiger partial charge in [-0.3, -0.25) is 0 Å². The molecule has 0 fully saturated rings. The number of hydrogen-bond donors (Lipinski definition) is 2. The van der Waals surface area contributed by atoms with Crippen LogP contribution in [-0.2, 0) is 19.6 Å². The standard InChI is InChI=1S/C23H25FN2O3/c1-15-19(13-25-12-17-8-5-7-11-21(17)29-3)22(23(27)28)16(2)26(15)14-18-9-4-6-10-20(18)24/h4-11,25H,12-14H2,1-3H3,(H,27,28). The average Bonchev–Trinajstić information content (AvgIpc) is 2.94. The van der Waals surface area contributed by atoms with Crippen LogP contribution in [0.2, 0.25) is 0 Å². The Labute approximate surface area is 169 Å². The number of hydrogen-bond acceptors (Lipinski definition) is 3. The highest BCUT2D eigenvalue weighted by atomic mass is 19.1. The Balaban J connectivity index is 1.86. The predicted octanol–water partition coefficient (Wildman–Crippen LogP) is 4.29. The van der Waals surface area contributed by atoms with Crippen molar-refractivity contribution in [3.63, 3.8) is 0 Å². The van der Waals surface area contributed by atoms with Crippen molar-refractivity contribution in [3.05, 3.63) is 88.0 Å². The predicted molar refractivity (Wildman–Crippen MR) is 110 cm³/mol. The van der Waals surface area contributed by atoms with E-state index in [1.807, 2.05) is 35.8 Å². The van der Waals surface area contributed by atoms with Crippen molar-refractivity contribution in [3.8, 4) is 5.75 Å². The Bertz CT molecular complexity index is 1030. The number of rotatable bonds is 8.